The Kier molecular flexibility index (Phi) is 6.49. The van der Waals surface area contributed by atoms with Gasteiger partial charge in [-0.15, -0.1) is 10.2 Å². The molecule has 0 aliphatic heterocycles. The molecule has 0 aliphatic carbocycles. The average Bonchev–Trinajstić information content (AvgIpc) is 3.09. The lowest BCUT2D eigenvalue weighted by atomic mass is 10.1. The van der Waals surface area contributed by atoms with Crippen molar-refractivity contribution in [1.82, 2.24) is 20.1 Å². The number of thioether (sulfide) groups is 1. The van der Waals surface area contributed by atoms with Gasteiger partial charge < -0.3 is 5.32 Å². The summed E-state index contributed by atoms with van der Waals surface area (Å²) in [7, 11) is 0. The maximum Gasteiger partial charge on any atom is 0.405 e. The highest BCUT2D eigenvalue weighted by molar-refractivity contribution is 7.99. The molecule has 2 aromatic carbocycles. The van der Waals surface area contributed by atoms with E-state index in [9.17, 15) is 18.0 Å². The normalized spacial score (nSPS) is 11.5. The molecule has 0 unspecified atom stereocenters. The maximum atomic E-state index is 12.3. The second-order valence-electron chi connectivity index (χ2n) is 6.12. The Morgan fingerprint density at radius 1 is 1.14 bits per heavy atom. The second kappa shape index (κ2) is 8.87. The quantitative estimate of drug-likeness (QED) is 0.566. The zero-order valence-corrected chi connectivity index (χ0v) is 16.8. The van der Waals surface area contributed by atoms with E-state index in [1.165, 1.54) is 0 Å². The fourth-order valence-corrected chi connectivity index (χ4v) is 3.46. The van der Waals surface area contributed by atoms with Crippen LogP contribution in [0.1, 0.15) is 5.56 Å². The Labute approximate surface area is 174 Å². The first-order valence-corrected chi connectivity index (χ1v) is 9.84. The molecule has 1 N–H and O–H groups in total. The Morgan fingerprint density at radius 2 is 1.83 bits per heavy atom. The van der Waals surface area contributed by atoms with Crippen molar-refractivity contribution >= 4 is 29.3 Å². The Balaban J connectivity index is 1.90. The molecular weight excluding hydrogens is 425 g/mol. The fourth-order valence-electron chi connectivity index (χ4n) is 2.56. The van der Waals surface area contributed by atoms with E-state index in [-0.39, 0.29) is 5.75 Å². The number of amides is 1. The van der Waals surface area contributed by atoms with Gasteiger partial charge in [0.25, 0.3) is 0 Å². The summed E-state index contributed by atoms with van der Waals surface area (Å²) in [6.07, 6.45) is -4.46. The molecule has 10 heteroatoms. The minimum Gasteiger partial charge on any atom is -0.346 e. The molecule has 0 saturated heterocycles. The van der Waals surface area contributed by atoms with Crippen LogP contribution < -0.4 is 5.32 Å². The third-order valence-electron chi connectivity index (χ3n) is 3.91. The van der Waals surface area contributed by atoms with Crippen LogP contribution in [-0.2, 0) is 4.79 Å². The molecule has 3 aromatic rings. The monoisotopic (exact) mass is 440 g/mol. The number of aryl methyl sites for hydroxylation is 1. The molecule has 1 aromatic heterocycles. The van der Waals surface area contributed by atoms with E-state index in [1.807, 2.05) is 36.5 Å². The summed E-state index contributed by atoms with van der Waals surface area (Å²) in [6, 6.07) is 14.6. The van der Waals surface area contributed by atoms with E-state index in [0.717, 1.165) is 28.6 Å². The Hall–Kier alpha value is -2.52. The van der Waals surface area contributed by atoms with Gasteiger partial charge in [-0.2, -0.15) is 13.2 Å². The zero-order valence-electron chi connectivity index (χ0n) is 15.2. The van der Waals surface area contributed by atoms with Gasteiger partial charge in [0.2, 0.25) is 5.91 Å². The molecule has 152 valence electrons. The van der Waals surface area contributed by atoms with Crippen molar-refractivity contribution < 1.29 is 18.0 Å². The van der Waals surface area contributed by atoms with Gasteiger partial charge in [0, 0.05) is 10.6 Å². The minimum atomic E-state index is -4.46. The van der Waals surface area contributed by atoms with Crippen LogP contribution in [0, 0.1) is 6.92 Å². The number of halogens is 4. The number of carbonyl (C=O) groups is 1. The SMILES string of the molecule is Cc1ccccc1-n1c(SCC(=O)NCC(F)(F)F)nnc1-c1ccc(Cl)cc1. The lowest BCUT2D eigenvalue weighted by molar-refractivity contribution is -0.136. The van der Waals surface area contributed by atoms with Crippen molar-refractivity contribution in [3.8, 4) is 17.1 Å². The van der Waals surface area contributed by atoms with E-state index in [1.54, 1.807) is 28.8 Å². The van der Waals surface area contributed by atoms with Gasteiger partial charge in [0.15, 0.2) is 11.0 Å². The van der Waals surface area contributed by atoms with Gasteiger partial charge in [0.1, 0.15) is 6.54 Å². The summed E-state index contributed by atoms with van der Waals surface area (Å²) < 4.78 is 38.6. The highest BCUT2D eigenvalue weighted by Crippen LogP contribution is 2.30. The van der Waals surface area contributed by atoms with Crippen LogP contribution in [0.3, 0.4) is 0 Å². The summed E-state index contributed by atoms with van der Waals surface area (Å²) in [5.74, 6) is -0.422. The Morgan fingerprint density at radius 3 is 2.48 bits per heavy atom. The highest BCUT2D eigenvalue weighted by atomic mass is 35.5. The number of carbonyl (C=O) groups excluding carboxylic acids is 1. The molecule has 5 nitrogen and oxygen atoms in total. The summed E-state index contributed by atoms with van der Waals surface area (Å²) in [5, 5.41) is 11.2. The molecule has 29 heavy (non-hydrogen) atoms. The standard InChI is InChI=1S/C19H16ClF3N4OS/c1-12-4-2-3-5-15(12)27-17(13-6-8-14(20)9-7-13)25-26-18(27)29-10-16(28)24-11-19(21,22)23/h2-9H,10-11H2,1H3,(H,24,28). The van der Waals surface area contributed by atoms with Crippen molar-refractivity contribution in [1.29, 1.82) is 0 Å². The van der Waals surface area contributed by atoms with Gasteiger partial charge in [-0.1, -0.05) is 41.6 Å². The molecule has 0 aliphatic rings. The number of rotatable bonds is 6. The zero-order chi connectivity index (χ0) is 21.0. The van der Waals surface area contributed by atoms with Crippen LogP contribution in [0.4, 0.5) is 13.2 Å². The van der Waals surface area contributed by atoms with E-state index < -0.39 is 18.6 Å². The van der Waals surface area contributed by atoms with Crippen LogP contribution in [0.25, 0.3) is 17.1 Å². The molecule has 0 spiro atoms. The van der Waals surface area contributed by atoms with Gasteiger partial charge in [-0.05, 0) is 42.8 Å². The lowest BCUT2D eigenvalue weighted by Gasteiger charge is -2.13. The molecule has 0 radical (unpaired) electrons. The Bertz CT molecular complexity index is 1010. The first-order chi connectivity index (χ1) is 13.7. The number of hydrogen-bond acceptors (Lipinski definition) is 4. The molecule has 3 rings (SSSR count). The van der Waals surface area contributed by atoms with Crippen molar-refractivity contribution in [2.45, 2.75) is 18.3 Å². The van der Waals surface area contributed by atoms with Crippen molar-refractivity contribution in [3.05, 3.63) is 59.1 Å². The number of para-hydroxylation sites is 1. The van der Waals surface area contributed by atoms with E-state index in [2.05, 4.69) is 10.2 Å². The third-order valence-corrected chi connectivity index (χ3v) is 5.09. The number of nitrogens with one attached hydrogen (secondary N) is 1. The number of nitrogens with zero attached hydrogens (tertiary/aromatic N) is 3. The number of aromatic nitrogens is 3. The largest absolute Gasteiger partial charge is 0.405 e. The van der Waals surface area contributed by atoms with Gasteiger partial charge >= 0.3 is 6.18 Å². The number of benzene rings is 2. The van der Waals surface area contributed by atoms with Crippen molar-refractivity contribution in [2.75, 3.05) is 12.3 Å². The van der Waals surface area contributed by atoms with Gasteiger partial charge in [-0.25, -0.2) is 0 Å². The van der Waals surface area contributed by atoms with Crippen LogP contribution >= 0.6 is 23.4 Å². The second-order valence-corrected chi connectivity index (χ2v) is 7.49. The van der Waals surface area contributed by atoms with Crippen molar-refractivity contribution in [2.24, 2.45) is 0 Å². The molecule has 0 bridgehead atoms. The topological polar surface area (TPSA) is 59.8 Å². The predicted octanol–water partition coefficient (Wildman–Crippen LogP) is 4.67. The van der Waals surface area contributed by atoms with Crippen LogP contribution in [-0.4, -0.2) is 39.1 Å². The number of hydrogen-bond donors (Lipinski definition) is 1. The molecule has 1 heterocycles. The summed E-state index contributed by atoms with van der Waals surface area (Å²) in [4.78, 5) is 11.8. The number of alkyl halides is 3. The lowest BCUT2D eigenvalue weighted by Crippen LogP contribution is -2.34. The first kappa shape index (κ1) is 21.2. The van der Waals surface area contributed by atoms with Crippen LogP contribution in [0.15, 0.2) is 53.7 Å². The smallest absolute Gasteiger partial charge is 0.346 e. The molecule has 0 atom stereocenters. The fraction of sp³-hybridized carbons (Fsp3) is 0.211. The van der Waals surface area contributed by atoms with Crippen molar-refractivity contribution in [3.63, 3.8) is 0 Å². The average molecular weight is 441 g/mol. The summed E-state index contributed by atoms with van der Waals surface area (Å²) >= 11 is 6.97. The molecular formula is C19H16ClF3N4OS. The first-order valence-electron chi connectivity index (χ1n) is 8.48. The maximum absolute atomic E-state index is 12.3. The van der Waals surface area contributed by atoms with Gasteiger partial charge in [0.05, 0.1) is 11.4 Å². The third kappa shape index (κ3) is 5.51. The molecule has 0 fully saturated rings. The molecule has 1 amide bonds. The predicted molar refractivity (Wildman–Crippen MR) is 106 cm³/mol. The van der Waals surface area contributed by atoms with E-state index in [4.69, 9.17) is 11.6 Å². The van der Waals surface area contributed by atoms with Gasteiger partial charge in [-0.3, -0.25) is 9.36 Å². The summed E-state index contributed by atoms with van der Waals surface area (Å²) in [6.45, 7) is 0.554. The van der Waals surface area contributed by atoms with E-state index in [0.29, 0.717) is 16.0 Å². The molecule has 0 saturated carbocycles. The highest BCUT2D eigenvalue weighted by Gasteiger charge is 2.28. The van der Waals surface area contributed by atoms with E-state index >= 15 is 0 Å². The van der Waals surface area contributed by atoms with Crippen LogP contribution in [0.2, 0.25) is 5.02 Å². The summed E-state index contributed by atoms with van der Waals surface area (Å²) in [5.41, 5.74) is 2.52. The minimum absolute atomic E-state index is 0.222. The van der Waals surface area contributed by atoms with Crippen LogP contribution in [0.5, 0.6) is 0 Å².